The number of rotatable bonds is 7. The molecular formula is C22H35N5O. The molecule has 0 aromatic heterocycles. The lowest BCUT2D eigenvalue weighted by molar-refractivity contribution is -0.117. The van der Waals surface area contributed by atoms with Gasteiger partial charge in [-0.3, -0.25) is 9.79 Å². The van der Waals surface area contributed by atoms with Crippen LogP contribution in [0.1, 0.15) is 44.6 Å². The number of piperidine rings is 1. The smallest absolute Gasteiger partial charge is 0.227 e. The van der Waals surface area contributed by atoms with Gasteiger partial charge in [-0.25, -0.2) is 0 Å². The SMILES string of the molecule is CN=C(NCc1ccc(N2CCCC2=O)cc1)NCC(C)CN1CCCCC1. The number of nitrogens with one attached hydrogen (secondary N) is 2. The molecule has 2 aliphatic rings. The number of benzene rings is 1. The number of anilines is 1. The van der Waals surface area contributed by atoms with Crippen molar-refractivity contribution in [2.24, 2.45) is 10.9 Å². The van der Waals surface area contributed by atoms with E-state index in [9.17, 15) is 4.79 Å². The highest BCUT2D eigenvalue weighted by molar-refractivity contribution is 5.95. The number of carbonyl (C=O) groups is 1. The standard InChI is InChI=1S/C22H35N5O/c1-18(17-26-12-4-3-5-13-26)15-24-22(23-2)25-16-19-8-10-20(11-9-19)27-14-6-7-21(27)28/h8-11,18H,3-7,12-17H2,1-2H3,(H2,23,24,25). The first-order valence-electron chi connectivity index (χ1n) is 10.7. The largest absolute Gasteiger partial charge is 0.356 e. The van der Waals surface area contributed by atoms with E-state index in [0.717, 1.165) is 37.7 Å². The first-order chi connectivity index (χ1) is 13.7. The molecule has 6 heteroatoms. The molecule has 2 aliphatic heterocycles. The summed E-state index contributed by atoms with van der Waals surface area (Å²) >= 11 is 0. The third-order valence-electron chi connectivity index (χ3n) is 5.64. The highest BCUT2D eigenvalue weighted by Gasteiger charge is 2.21. The van der Waals surface area contributed by atoms with Crippen molar-refractivity contribution >= 4 is 17.6 Å². The van der Waals surface area contributed by atoms with Gasteiger partial charge in [-0.05, 0) is 56.0 Å². The van der Waals surface area contributed by atoms with Gasteiger partial charge in [-0.2, -0.15) is 0 Å². The molecule has 3 rings (SSSR count). The van der Waals surface area contributed by atoms with E-state index < -0.39 is 0 Å². The van der Waals surface area contributed by atoms with Gasteiger partial charge >= 0.3 is 0 Å². The molecule has 1 amide bonds. The quantitative estimate of drug-likeness (QED) is 0.560. The molecule has 1 atom stereocenters. The molecular weight excluding hydrogens is 350 g/mol. The summed E-state index contributed by atoms with van der Waals surface area (Å²) in [6.45, 7) is 8.42. The molecule has 0 bridgehead atoms. The summed E-state index contributed by atoms with van der Waals surface area (Å²) in [5.41, 5.74) is 2.18. The van der Waals surface area contributed by atoms with Gasteiger partial charge in [-0.15, -0.1) is 0 Å². The van der Waals surface area contributed by atoms with Crippen molar-refractivity contribution in [3.05, 3.63) is 29.8 Å². The van der Waals surface area contributed by atoms with Gasteiger partial charge in [0.15, 0.2) is 5.96 Å². The van der Waals surface area contributed by atoms with Gasteiger partial charge in [0.2, 0.25) is 5.91 Å². The van der Waals surface area contributed by atoms with E-state index in [1.807, 2.05) is 24.1 Å². The molecule has 0 aliphatic carbocycles. The first kappa shape index (κ1) is 20.6. The van der Waals surface area contributed by atoms with Crippen molar-refractivity contribution in [1.29, 1.82) is 0 Å². The lowest BCUT2D eigenvalue weighted by Crippen LogP contribution is -2.42. The molecule has 0 saturated carbocycles. The Hall–Kier alpha value is -2.08. The van der Waals surface area contributed by atoms with Crippen LogP contribution in [0.25, 0.3) is 0 Å². The Morgan fingerprint density at radius 1 is 1.07 bits per heavy atom. The summed E-state index contributed by atoms with van der Waals surface area (Å²) in [5, 5.41) is 6.84. The van der Waals surface area contributed by atoms with Crippen LogP contribution in [0, 0.1) is 5.92 Å². The van der Waals surface area contributed by atoms with Crippen LogP contribution in [0.2, 0.25) is 0 Å². The summed E-state index contributed by atoms with van der Waals surface area (Å²) in [5.74, 6) is 1.66. The predicted molar refractivity (Wildman–Crippen MR) is 116 cm³/mol. The first-order valence-corrected chi connectivity index (χ1v) is 10.7. The Morgan fingerprint density at radius 2 is 1.82 bits per heavy atom. The van der Waals surface area contributed by atoms with Crippen LogP contribution >= 0.6 is 0 Å². The topological polar surface area (TPSA) is 60.0 Å². The van der Waals surface area contributed by atoms with E-state index in [2.05, 4.69) is 39.6 Å². The summed E-state index contributed by atoms with van der Waals surface area (Å²) in [4.78, 5) is 20.7. The number of nitrogens with zero attached hydrogens (tertiary/aromatic N) is 3. The molecule has 6 nitrogen and oxygen atoms in total. The Labute approximate surface area is 169 Å². The van der Waals surface area contributed by atoms with Crippen LogP contribution in [0.3, 0.4) is 0 Å². The van der Waals surface area contributed by atoms with Crippen LogP contribution in [0.5, 0.6) is 0 Å². The molecule has 1 aromatic rings. The van der Waals surface area contributed by atoms with Crippen LogP contribution in [0.15, 0.2) is 29.3 Å². The van der Waals surface area contributed by atoms with Gasteiger partial charge in [0.1, 0.15) is 0 Å². The van der Waals surface area contributed by atoms with E-state index in [1.54, 1.807) is 0 Å². The molecule has 0 spiro atoms. The zero-order chi connectivity index (χ0) is 19.8. The van der Waals surface area contributed by atoms with Crippen LogP contribution in [0.4, 0.5) is 5.69 Å². The average molecular weight is 386 g/mol. The second-order valence-corrected chi connectivity index (χ2v) is 8.09. The fourth-order valence-corrected chi connectivity index (χ4v) is 4.04. The lowest BCUT2D eigenvalue weighted by Gasteiger charge is -2.29. The van der Waals surface area contributed by atoms with E-state index in [1.165, 1.54) is 37.9 Å². The number of hydrogen-bond acceptors (Lipinski definition) is 3. The minimum atomic E-state index is 0.231. The van der Waals surface area contributed by atoms with E-state index in [4.69, 9.17) is 0 Å². The van der Waals surface area contributed by atoms with Crippen molar-refractivity contribution in [2.45, 2.75) is 45.6 Å². The second kappa shape index (κ2) is 10.5. The number of likely N-dealkylation sites (tertiary alicyclic amines) is 1. The zero-order valence-corrected chi connectivity index (χ0v) is 17.4. The molecule has 28 heavy (non-hydrogen) atoms. The number of aliphatic imine (C=N–C) groups is 1. The molecule has 2 fully saturated rings. The van der Waals surface area contributed by atoms with Crippen LogP contribution in [-0.4, -0.2) is 56.5 Å². The van der Waals surface area contributed by atoms with Crippen molar-refractivity contribution in [3.8, 4) is 0 Å². The highest BCUT2D eigenvalue weighted by atomic mass is 16.2. The van der Waals surface area contributed by atoms with Crippen LogP contribution in [-0.2, 0) is 11.3 Å². The van der Waals surface area contributed by atoms with Gasteiger partial charge in [0.25, 0.3) is 0 Å². The molecule has 1 aromatic carbocycles. The molecule has 2 N–H and O–H groups in total. The fraction of sp³-hybridized carbons (Fsp3) is 0.636. The van der Waals surface area contributed by atoms with Gasteiger partial charge < -0.3 is 20.4 Å². The molecule has 2 saturated heterocycles. The van der Waals surface area contributed by atoms with E-state index in [0.29, 0.717) is 18.9 Å². The lowest BCUT2D eigenvalue weighted by atomic mass is 10.1. The molecule has 1 unspecified atom stereocenters. The maximum atomic E-state index is 11.9. The van der Waals surface area contributed by atoms with E-state index >= 15 is 0 Å². The zero-order valence-electron chi connectivity index (χ0n) is 17.4. The van der Waals surface area contributed by atoms with Gasteiger partial charge in [0, 0.05) is 45.3 Å². The Morgan fingerprint density at radius 3 is 2.46 bits per heavy atom. The van der Waals surface area contributed by atoms with Crippen molar-refractivity contribution in [1.82, 2.24) is 15.5 Å². The Balaban J connectivity index is 1.40. The van der Waals surface area contributed by atoms with Crippen LogP contribution < -0.4 is 15.5 Å². The predicted octanol–water partition coefficient (Wildman–Crippen LogP) is 2.60. The van der Waals surface area contributed by atoms with E-state index in [-0.39, 0.29) is 5.91 Å². The number of amides is 1. The number of carbonyl (C=O) groups excluding carboxylic acids is 1. The normalized spacial score (nSPS) is 19.7. The van der Waals surface area contributed by atoms with Crippen molar-refractivity contribution in [3.63, 3.8) is 0 Å². The molecule has 154 valence electrons. The summed E-state index contributed by atoms with van der Waals surface area (Å²) in [7, 11) is 1.81. The maximum Gasteiger partial charge on any atom is 0.227 e. The van der Waals surface area contributed by atoms with Crippen molar-refractivity contribution in [2.75, 3.05) is 44.7 Å². The minimum Gasteiger partial charge on any atom is -0.356 e. The Bertz CT molecular complexity index is 651. The fourth-order valence-electron chi connectivity index (χ4n) is 4.04. The monoisotopic (exact) mass is 385 g/mol. The summed E-state index contributed by atoms with van der Waals surface area (Å²) in [6.07, 6.45) is 5.69. The van der Waals surface area contributed by atoms with Gasteiger partial charge in [0.05, 0.1) is 0 Å². The van der Waals surface area contributed by atoms with Gasteiger partial charge in [-0.1, -0.05) is 25.5 Å². The number of hydrogen-bond donors (Lipinski definition) is 2. The summed E-state index contributed by atoms with van der Waals surface area (Å²) < 4.78 is 0. The summed E-state index contributed by atoms with van der Waals surface area (Å²) in [6, 6.07) is 8.24. The maximum absolute atomic E-state index is 11.9. The molecule has 0 radical (unpaired) electrons. The average Bonchev–Trinajstić information content (AvgIpc) is 3.15. The third kappa shape index (κ3) is 5.96. The van der Waals surface area contributed by atoms with Crippen molar-refractivity contribution < 1.29 is 4.79 Å². The number of guanidine groups is 1. The second-order valence-electron chi connectivity index (χ2n) is 8.09. The minimum absolute atomic E-state index is 0.231. The molecule has 2 heterocycles. The third-order valence-corrected chi connectivity index (χ3v) is 5.64. The highest BCUT2D eigenvalue weighted by Crippen LogP contribution is 2.21. The Kier molecular flexibility index (Phi) is 7.71.